The number of nitrogens with zero attached hydrogens (tertiary/aromatic N) is 5. The molecule has 15 nitrogen and oxygen atoms in total. The monoisotopic (exact) mass is 959 g/mol. The lowest BCUT2D eigenvalue weighted by atomic mass is 9.55. The SMILES string of the molecule is C=CCO[C@@]12Oc3ccc(OCc4cccc(C)n4)cc3[C@H]3[C@H](CCCCO)[C@@H](CCCCO)C=C(C(=NOCc4ccc([N+](=O)[O-])cc4)C[C@@H]1N(CCC)S(=O)(=O)c1cccc4cccnc14)[C@H]32. The van der Waals surface area contributed by atoms with E-state index in [0.29, 0.717) is 52.9 Å². The minimum absolute atomic E-state index is 0.0101. The summed E-state index contributed by atoms with van der Waals surface area (Å²) in [6.07, 6.45) is 10.1. The number of nitro benzene ring substituents is 1. The van der Waals surface area contributed by atoms with E-state index in [1.807, 2.05) is 62.4 Å². The van der Waals surface area contributed by atoms with Gasteiger partial charge in [0.2, 0.25) is 15.8 Å². The van der Waals surface area contributed by atoms with Gasteiger partial charge in [0, 0.05) is 67.1 Å². The Hall–Kier alpha value is -6.04. The Bertz CT molecular complexity index is 2780. The Morgan fingerprint density at radius 3 is 2.49 bits per heavy atom. The van der Waals surface area contributed by atoms with Crippen molar-refractivity contribution in [3.8, 4) is 11.5 Å². The van der Waals surface area contributed by atoms with Gasteiger partial charge in [0.25, 0.3) is 5.69 Å². The first-order valence-electron chi connectivity index (χ1n) is 23.9. The van der Waals surface area contributed by atoms with E-state index < -0.39 is 32.7 Å². The molecule has 0 radical (unpaired) electrons. The number of hydrogen-bond donors (Lipinski definition) is 2. The molecular formula is C53H61N5O10S. The van der Waals surface area contributed by atoms with Gasteiger partial charge < -0.3 is 29.3 Å². The molecule has 1 aliphatic heterocycles. The number of allylic oxidation sites excluding steroid dienone is 1. The summed E-state index contributed by atoms with van der Waals surface area (Å²) in [5.41, 5.74) is 4.80. The van der Waals surface area contributed by atoms with E-state index in [9.17, 15) is 20.3 Å². The molecule has 1 fully saturated rings. The van der Waals surface area contributed by atoms with Crippen molar-refractivity contribution in [2.45, 2.75) is 101 Å². The maximum Gasteiger partial charge on any atom is 0.269 e. The standard InChI is InChI=1S/C53H61N5O10S/c1-4-27-57(69(63,64)48-19-11-15-38-16-12-26-54-52(38)48)49-33-46(56-67-34-37-20-22-41(23-21-37)58(61)62)44-31-39(14-6-8-28-59)43(18-7-9-29-60)50-45-32-42(65-35-40-17-10-13-36(3)55-40)24-25-47(45)68-53(49,51(44)50)66-30-5-2/h5,10-13,15-17,19-26,31-32,39,43,49-51,59-60H,2,4,6-9,14,18,27-30,33-35H2,1,3H3/t39-,43+,49-,50+,51+,53+/m0/s1. The summed E-state index contributed by atoms with van der Waals surface area (Å²) in [5, 5.41) is 37.0. The number of ether oxygens (including phenoxy) is 3. The number of non-ortho nitro benzene ring substituents is 1. The smallest absolute Gasteiger partial charge is 0.269 e. The molecule has 3 heterocycles. The number of para-hydroxylation sites is 1. The van der Waals surface area contributed by atoms with Crippen molar-refractivity contribution in [3.63, 3.8) is 0 Å². The average molecular weight is 960 g/mol. The number of sulfonamides is 1. The van der Waals surface area contributed by atoms with Crippen LogP contribution in [-0.4, -0.2) is 81.7 Å². The largest absolute Gasteiger partial charge is 0.487 e. The molecule has 8 rings (SSSR count). The lowest BCUT2D eigenvalue weighted by Gasteiger charge is -2.59. The number of aromatic nitrogens is 2. The first-order valence-corrected chi connectivity index (χ1v) is 25.3. The van der Waals surface area contributed by atoms with Crippen LogP contribution < -0.4 is 9.47 Å². The van der Waals surface area contributed by atoms with Crippen LogP contribution in [0, 0.1) is 34.8 Å². The Morgan fingerprint density at radius 1 is 0.986 bits per heavy atom. The third-order valence-corrected chi connectivity index (χ3v) is 15.4. The summed E-state index contributed by atoms with van der Waals surface area (Å²) in [6, 6.07) is 25.4. The molecule has 0 saturated heterocycles. The summed E-state index contributed by atoms with van der Waals surface area (Å²) in [6.45, 7) is 8.33. The number of pyridine rings is 2. The van der Waals surface area contributed by atoms with E-state index in [1.54, 1.807) is 42.6 Å². The quantitative estimate of drug-likeness (QED) is 0.0273. The van der Waals surface area contributed by atoms with Crippen molar-refractivity contribution in [1.82, 2.24) is 14.3 Å². The number of benzene rings is 3. The van der Waals surface area contributed by atoms with Gasteiger partial charge in [0.15, 0.2) is 0 Å². The van der Waals surface area contributed by atoms with Crippen molar-refractivity contribution < 1.29 is 42.6 Å². The highest BCUT2D eigenvalue weighted by Gasteiger charge is 2.66. The number of rotatable bonds is 23. The van der Waals surface area contributed by atoms with Crippen LogP contribution in [-0.2, 0) is 32.8 Å². The van der Waals surface area contributed by atoms with Gasteiger partial charge in [-0.2, -0.15) is 4.31 Å². The molecule has 69 heavy (non-hydrogen) atoms. The Balaban J connectivity index is 1.34. The van der Waals surface area contributed by atoms with Crippen molar-refractivity contribution in [1.29, 1.82) is 0 Å². The summed E-state index contributed by atoms with van der Waals surface area (Å²) < 4.78 is 53.8. The molecule has 0 spiro atoms. The van der Waals surface area contributed by atoms with Crippen LogP contribution >= 0.6 is 0 Å². The highest BCUT2D eigenvalue weighted by atomic mass is 32.2. The highest BCUT2D eigenvalue weighted by Crippen LogP contribution is 2.62. The molecule has 2 N–H and O–H groups in total. The fourth-order valence-corrected chi connectivity index (χ4v) is 12.4. The Labute approximate surface area is 403 Å². The topological polar surface area (TPSA) is 196 Å². The fourth-order valence-electron chi connectivity index (χ4n) is 10.5. The lowest BCUT2D eigenvalue weighted by Crippen LogP contribution is -2.70. The van der Waals surface area contributed by atoms with E-state index in [-0.39, 0.29) is 74.3 Å². The third-order valence-electron chi connectivity index (χ3n) is 13.5. The van der Waals surface area contributed by atoms with Gasteiger partial charge in [0.1, 0.15) is 29.6 Å². The number of oxime groups is 1. The molecule has 3 aliphatic rings. The van der Waals surface area contributed by atoms with Gasteiger partial charge in [-0.15, -0.1) is 6.58 Å². The van der Waals surface area contributed by atoms with Gasteiger partial charge in [-0.3, -0.25) is 20.1 Å². The van der Waals surface area contributed by atoms with E-state index in [4.69, 9.17) is 24.2 Å². The minimum atomic E-state index is -4.37. The van der Waals surface area contributed by atoms with Gasteiger partial charge in [-0.25, -0.2) is 8.42 Å². The first kappa shape index (κ1) is 49.4. The predicted octanol–water partition coefficient (Wildman–Crippen LogP) is 9.36. The van der Waals surface area contributed by atoms with Crippen molar-refractivity contribution in [3.05, 3.63) is 154 Å². The van der Waals surface area contributed by atoms with E-state index in [0.717, 1.165) is 48.2 Å². The zero-order valence-electron chi connectivity index (χ0n) is 39.2. The number of nitro groups is 1. The molecular weight excluding hydrogens is 899 g/mol. The van der Waals surface area contributed by atoms with Crippen LogP contribution in [0.4, 0.5) is 5.69 Å². The molecule has 1 saturated carbocycles. The summed E-state index contributed by atoms with van der Waals surface area (Å²) >= 11 is 0. The molecule has 0 unspecified atom stereocenters. The number of unbranched alkanes of at least 4 members (excludes halogenated alkanes) is 2. The molecule has 364 valence electrons. The average Bonchev–Trinajstić information content (AvgIpc) is 3.35. The number of aliphatic hydroxyl groups is 2. The van der Waals surface area contributed by atoms with Gasteiger partial charge in [0.05, 0.1) is 40.4 Å². The van der Waals surface area contributed by atoms with Crippen LogP contribution in [0.3, 0.4) is 0 Å². The summed E-state index contributed by atoms with van der Waals surface area (Å²) in [4.78, 5) is 26.4. The molecule has 2 aromatic heterocycles. The third kappa shape index (κ3) is 10.5. The maximum absolute atomic E-state index is 15.6. The van der Waals surface area contributed by atoms with Gasteiger partial charge in [-0.05, 0) is 117 Å². The van der Waals surface area contributed by atoms with Crippen LogP contribution in [0.2, 0.25) is 0 Å². The Morgan fingerprint density at radius 2 is 1.75 bits per heavy atom. The number of aryl methyl sites for hydroxylation is 1. The normalized spacial score (nSPS) is 22.4. The van der Waals surface area contributed by atoms with Gasteiger partial charge >= 0.3 is 0 Å². The first-order chi connectivity index (χ1) is 33.5. The van der Waals surface area contributed by atoms with Gasteiger partial charge in [-0.1, -0.05) is 61.3 Å². The summed E-state index contributed by atoms with van der Waals surface area (Å²) in [5.74, 6) is -1.62. The van der Waals surface area contributed by atoms with Crippen LogP contribution in [0.15, 0.2) is 132 Å². The van der Waals surface area contributed by atoms with E-state index in [1.165, 1.54) is 16.4 Å². The number of hydrogen-bond acceptors (Lipinski definition) is 13. The Kier molecular flexibility index (Phi) is 15.9. The fraction of sp³-hybridized carbons (Fsp3) is 0.415. The lowest BCUT2D eigenvalue weighted by molar-refractivity contribution is -0.384. The maximum atomic E-state index is 15.6. The summed E-state index contributed by atoms with van der Waals surface area (Å²) in [7, 11) is -4.37. The molecule has 3 aromatic carbocycles. The van der Waals surface area contributed by atoms with E-state index in [2.05, 4.69) is 22.6 Å². The molecule has 0 bridgehead atoms. The highest BCUT2D eigenvalue weighted by molar-refractivity contribution is 7.89. The zero-order valence-corrected chi connectivity index (χ0v) is 40.0. The number of fused-ring (bicyclic) bond motifs is 3. The second-order valence-electron chi connectivity index (χ2n) is 18.0. The van der Waals surface area contributed by atoms with Crippen molar-refractivity contribution in [2.24, 2.45) is 22.9 Å². The second kappa shape index (κ2) is 22.1. The molecule has 5 aromatic rings. The zero-order chi connectivity index (χ0) is 48.5. The van der Waals surface area contributed by atoms with Crippen molar-refractivity contribution in [2.75, 3.05) is 26.4 Å². The second-order valence-corrected chi connectivity index (χ2v) is 19.8. The van der Waals surface area contributed by atoms with Crippen molar-refractivity contribution >= 4 is 32.3 Å². The predicted molar refractivity (Wildman–Crippen MR) is 262 cm³/mol. The minimum Gasteiger partial charge on any atom is -0.487 e. The van der Waals surface area contributed by atoms with Crippen LogP contribution in [0.25, 0.3) is 10.9 Å². The van der Waals surface area contributed by atoms with Crippen LogP contribution in [0.1, 0.15) is 86.7 Å². The molecule has 0 amide bonds. The molecule has 6 atom stereocenters. The molecule has 16 heteroatoms. The van der Waals surface area contributed by atoms with E-state index >= 15 is 8.42 Å². The molecule has 2 aliphatic carbocycles. The van der Waals surface area contributed by atoms with Crippen LogP contribution in [0.5, 0.6) is 11.5 Å². The number of aliphatic hydroxyl groups excluding tert-OH is 2.